The SMILES string of the molecule is CCN1CCCC(Nc2nnc(-c3ccc(C(F)(F)F)cc3)n3ccnc23)C1. The van der Waals surface area contributed by atoms with Crippen molar-refractivity contribution < 1.29 is 13.2 Å². The lowest BCUT2D eigenvalue weighted by molar-refractivity contribution is -0.137. The van der Waals surface area contributed by atoms with Crippen LogP contribution in [0.2, 0.25) is 0 Å². The van der Waals surface area contributed by atoms with Gasteiger partial charge in [0.05, 0.1) is 5.56 Å². The summed E-state index contributed by atoms with van der Waals surface area (Å²) in [5, 5.41) is 12.0. The Labute approximate surface area is 160 Å². The van der Waals surface area contributed by atoms with Crippen molar-refractivity contribution >= 4 is 11.5 Å². The fraction of sp³-hybridized carbons (Fsp3) is 0.421. The van der Waals surface area contributed by atoms with Crippen LogP contribution >= 0.6 is 0 Å². The van der Waals surface area contributed by atoms with Gasteiger partial charge in [-0.1, -0.05) is 19.1 Å². The summed E-state index contributed by atoms with van der Waals surface area (Å²) in [6.07, 6.45) is 1.17. The number of rotatable bonds is 4. The summed E-state index contributed by atoms with van der Waals surface area (Å²) < 4.78 is 40.1. The fourth-order valence-corrected chi connectivity index (χ4v) is 3.59. The monoisotopic (exact) mass is 390 g/mol. The molecule has 1 aromatic carbocycles. The van der Waals surface area contributed by atoms with E-state index in [2.05, 4.69) is 32.3 Å². The molecule has 9 heteroatoms. The predicted molar refractivity (Wildman–Crippen MR) is 100.0 cm³/mol. The average molecular weight is 390 g/mol. The number of nitrogens with one attached hydrogen (secondary N) is 1. The Kier molecular flexibility index (Phi) is 4.92. The first kappa shape index (κ1) is 18.7. The average Bonchev–Trinajstić information content (AvgIpc) is 3.18. The quantitative estimate of drug-likeness (QED) is 0.736. The number of hydrogen-bond donors (Lipinski definition) is 1. The van der Waals surface area contributed by atoms with E-state index in [4.69, 9.17) is 0 Å². The van der Waals surface area contributed by atoms with E-state index in [0.29, 0.717) is 22.9 Å². The molecule has 2 aromatic heterocycles. The van der Waals surface area contributed by atoms with E-state index in [9.17, 15) is 13.2 Å². The predicted octanol–water partition coefficient (Wildman–Crippen LogP) is 3.71. The zero-order valence-electron chi connectivity index (χ0n) is 15.4. The van der Waals surface area contributed by atoms with Crippen LogP contribution in [-0.4, -0.2) is 50.2 Å². The van der Waals surface area contributed by atoms with Crippen LogP contribution in [0.4, 0.5) is 19.0 Å². The van der Waals surface area contributed by atoms with E-state index >= 15 is 0 Å². The molecule has 1 unspecified atom stereocenters. The molecule has 1 N–H and O–H groups in total. The first-order chi connectivity index (χ1) is 13.5. The molecule has 1 aliphatic heterocycles. The van der Waals surface area contributed by atoms with E-state index in [1.165, 1.54) is 12.1 Å². The highest BCUT2D eigenvalue weighted by atomic mass is 19.4. The number of piperidine rings is 1. The van der Waals surface area contributed by atoms with Crippen LogP contribution in [-0.2, 0) is 6.18 Å². The summed E-state index contributed by atoms with van der Waals surface area (Å²) in [6.45, 7) is 5.20. The number of likely N-dealkylation sites (N-methyl/N-ethyl adjacent to an activating group) is 1. The van der Waals surface area contributed by atoms with Gasteiger partial charge >= 0.3 is 6.18 Å². The summed E-state index contributed by atoms with van der Waals surface area (Å²) in [7, 11) is 0. The lowest BCUT2D eigenvalue weighted by Gasteiger charge is -2.32. The maximum atomic E-state index is 12.8. The Balaban J connectivity index is 1.62. The molecule has 1 aliphatic rings. The summed E-state index contributed by atoms with van der Waals surface area (Å²) in [5.74, 6) is 1.04. The second-order valence-corrected chi connectivity index (χ2v) is 6.94. The van der Waals surface area contributed by atoms with E-state index in [0.717, 1.165) is 44.6 Å². The van der Waals surface area contributed by atoms with Gasteiger partial charge in [0.25, 0.3) is 0 Å². The molecule has 6 nitrogen and oxygen atoms in total. The Hall–Kier alpha value is -2.68. The number of anilines is 1. The van der Waals surface area contributed by atoms with Gasteiger partial charge in [-0.15, -0.1) is 10.2 Å². The number of alkyl halides is 3. The van der Waals surface area contributed by atoms with Gasteiger partial charge in [-0.25, -0.2) is 4.98 Å². The second kappa shape index (κ2) is 7.38. The van der Waals surface area contributed by atoms with Gasteiger partial charge in [0, 0.05) is 30.5 Å². The molecule has 0 bridgehead atoms. The van der Waals surface area contributed by atoms with Crippen LogP contribution in [0.5, 0.6) is 0 Å². The Bertz CT molecular complexity index is 950. The number of halogens is 3. The maximum Gasteiger partial charge on any atom is 0.416 e. The van der Waals surface area contributed by atoms with Crippen molar-refractivity contribution in [1.29, 1.82) is 0 Å². The number of likely N-dealkylation sites (tertiary alicyclic amines) is 1. The van der Waals surface area contributed by atoms with Crippen molar-refractivity contribution in [3.63, 3.8) is 0 Å². The molecular weight excluding hydrogens is 369 g/mol. The first-order valence-corrected chi connectivity index (χ1v) is 9.32. The molecule has 0 amide bonds. The summed E-state index contributed by atoms with van der Waals surface area (Å²) >= 11 is 0. The van der Waals surface area contributed by atoms with Crippen molar-refractivity contribution in [3.8, 4) is 11.4 Å². The summed E-state index contributed by atoms with van der Waals surface area (Å²) in [6, 6.07) is 5.17. The summed E-state index contributed by atoms with van der Waals surface area (Å²) in [4.78, 5) is 6.75. The van der Waals surface area contributed by atoms with Gasteiger partial charge in [0.2, 0.25) is 0 Å². The molecule has 28 heavy (non-hydrogen) atoms. The molecule has 0 spiro atoms. The van der Waals surface area contributed by atoms with E-state index < -0.39 is 11.7 Å². The third-order valence-corrected chi connectivity index (χ3v) is 5.09. The highest BCUT2D eigenvalue weighted by Crippen LogP contribution is 2.31. The molecule has 4 rings (SSSR count). The van der Waals surface area contributed by atoms with Gasteiger partial charge in [-0.3, -0.25) is 4.40 Å². The van der Waals surface area contributed by atoms with Gasteiger partial charge in [-0.05, 0) is 38.1 Å². The first-order valence-electron chi connectivity index (χ1n) is 9.32. The Morgan fingerprint density at radius 2 is 1.96 bits per heavy atom. The van der Waals surface area contributed by atoms with Crippen molar-refractivity contribution in [2.75, 3.05) is 25.0 Å². The maximum absolute atomic E-state index is 12.8. The van der Waals surface area contributed by atoms with Gasteiger partial charge in [0.1, 0.15) is 0 Å². The highest BCUT2D eigenvalue weighted by molar-refractivity contribution is 5.68. The number of hydrogen-bond acceptors (Lipinski definition) is 5. The molecule has 1 atom stereocenters. The van der Waals surface area contributed by atoms with Crippen LogP contribution in [0.15, 0.2) is 36.7 Å². The lowest BCUT2D eigenvalue weighted by Crippen LogP contribution is -2.42. The van der Waals surface area contributed by atoms with Crippen LogP contribution in [0, 0.1) is 0 Å². The second-order valence-electron chi connectivity index (χ2n) is 6.94. The molecule has 1 fully saturated rings. The zero-order chi connectivity index (χ0) is 19.7. The molecule has 148 valence electrons. The van der Waals surface area contributed by atoms with E-state index in [1.807, 2.05) is 0 Å². The van der Waals surface area contributed by atoms with Gasteiger partial charge in [0.15, 0.2) is 17.3 Å². The highest BCUT2D eigenvalue weighted by Gasteiger charge is 2.30. The number of benzene rings is 1. The largest absolute Gasteiger partial charge is 0.416 e. The van der Waals surface area contributed by atoms with Crippen molar-refractivity contribution in [2.24, 2.45) is 0 Å². The Morgan fingerprint density at radius 3 is 2.68 bits per heavy atom. The molecule has 3 aromatic rings. The molecule has 1 saturated heterocycles. The van der Waals surface area contributed by atoms with Crippen molar-refractivity contribution in [1.82, 2.24) is 24.5 Å². The topological polar surface area (TPSA) is 58.3 Å². The van der Waals surface area contributed by atoms with Gasteiger partial charge in [-0.2, -0.15) is 13.2 Å². The van der Waals surface area contributed by atoms with Crippen LogP contribution in [0.25, 0.3) is 17.0 Å². The normalized spacial score (nSPS) is 18.5. The van der Waals surface area contributed by atoms with E-state index in [1.54, 1.807) is 16.8 Å². The Morgan fingerprint density at radius 1 is 1.18 bits per heavy atom. The molecule has 3 heterocycles. The van der Waals surface area contributed by atoms with Crippen LogP contribution < -0.4 is 5.32 Å². The summed E-state index contributed by atoms with van der Waals surface area (Å²) in [5.41, 5.74) is 0.463. The van der Waals surface area contributed by atoms with Crippen LogP contribution in [0.1, 0.15) is 25.3 Å². The number of fused-ring (bicyclic) bond motifs is 1. The number of aromatic nitrogens is 4. The van der Waals surface area contributed by atoms with E-state index in [-0.39, 0.29) is 6.04 Å². The fourth-order valence-electron chi connectivity index (χ4n) is 3.59. The molecule has 0 aliphatic carbocycles. The number of imidazole rings is 1. The third-order valence-electron chi connectivity index (χ3n) is 5.09. The number of nitrogens with zero attached hydrogens (tertiary/aromatic N) is 5. The zero-order valence-corrected chi connectivity index (χ0v) is 15.4. The minimum absolute atomic E-state index is 0.264. The molecule has 0 saturated carbocycles. The smallest absolute Gasteiger partial charge is 0.361 e. The standard InChI is InChI=1S/C19H21F3N6/c1-2-27-10-3-4-15(12-27)24-16-18-23-9-11-28(18)17(26-25-16)13-5-7-14(8-6-13)19(20,21)22/h5-9,11,15H,2-4,10,12H2,1H3,(H,24,25). The minimum Gasteiger partial charge on any atom is -0.361 e. The molecular formula is C19H21F3N6. The third kappa shape index (κ3) is 3.66. The van der Waals surface area contributed by atoms with Crippen molar-refractivity contribution in [3.05, 3.63) is 42.2 Å². The minimum atomic E-state index is -4.37. The van der Waals surface area contributed by atoms with Crippen molar-refractivity contribution in [2.45, 2.75) is 32.0 Å². The van der Waals surface area contributed by atoms with Gasteiger partial charge < -0.3 is 10.2 Å². The van der Waals surface area contributed by atoms with Crippen LogP contribution in [0.3, 0.4) is 0 Å². The lowest BCUT2D eigenvalue weighted by atomic mass is 10.1. The molecule has 0 radical (unpaired) electrons.